The van der Waals surface area contributed by atoms with Crippen LogP contribution in [0.15, 0.2) is 36.7 Å². The molecule has 0 bridgehead atoms. The van der Waals surface area contributed by atoms with Crippen molar-refractivity contribution >= 4 is 34.4 Å². The van der Waals surface area contributed by atoms with Crippen molar-refractivity contribution in [2.45, 2.75) is 32.2 Å². The minimum Gasteiger partial charge on any atom is -0.482 e. The molecule has 1 spiro atoms. The van der Waals surface area contributed by atoms with Crippen molar-refractivity contribution in [1.82, 2.24) is 20.2 Å². The Bertz CT molecular complexity index is 1340. The Morgan fingerprint density at radius 3 is 3.00 bits per heavy atom. The standard InChI is InChI=1S/C25H25N5O4/c1-14-9-26-22-18(14)7-15(10-27-22)24(33)30-13-25(5-6-25)8-16(30)11-28-23(32)17-3-2-4-19-21(17)29-20(31)12-34-19/h2-4,7,9-10,16H,5-6,8,11-13H2,1H3,(H,26,27)(H,28,32)(H,29,31). The Morgan fingerprint density at radius 1 is 1.32 bits per heavy atom. The molecule has 1 saturated carbocycles. The SMILES string of the molecule is Cc1c[nH]c2ncc(C(=O)N3CC4(CC4)CC3CNC(=O)c3cccc4c3NC(=O)CO4)cc12. The molecule has 1 unspecified atom stereocenters. The summed E-state index contributed by atoms with van der Waals surface area (Å²) in [5.41, 5.74) is 3.26. The van der Waals surface area contributed by atoms with E-state index in [1.165, 1.54) is 0 Å². The molecule has 34 heavy (non-hydrogen) atoms. The molecule has 6 rings (SSSR count). The zero-order valence-corrected chi connectivity index (χ0v) is 18.8. The maximum atomic E-state index is 13.5. The fraction of sp³-hybridized carbons (Fsp3) is 0.360. The highest BCUT2D eigenvalue weighted by atomic mass is 16.5. The van der Waals surface area contributed by atoms with E-state index in [0.717, 1.165) is 35.9 Å². The lowest BCUT2D eigenvalue weighted by atomic mass is 10.0. The second-order valence-corrected chi connectivity index (χ2v) is 9.61. The van der Waals surface area contributed by atoms with Crippen LogP contribution in [-0.2, 0) is 4.79 Å². The Morgan fingerprint density at radius 2 is 2.18 bits per heavy atom. The molecule has 9 nitrogen and oxygen atoms in total. The number of H-pyrrole nitrogens is 1. The number of hydrogen-bond donors (Lipinski definition) is 3. The zero-order valence-electron chi connectivity index (χ0n) is 18.8. The summed E-state index contributed by atoms with van der Waals surface area (Å²) < 4.78 is 5.42. The number of aromatic nitrogens is 2. The van der Waals surface area contributed by atoms with Gasteiger partial charge in [0.25, 0.3) is 17.7 Å². The number of aromatic amines is 1. The van der Waals surface area contributed by atoms with Gasteiger partial charge in [0, 0.05) is 36.9 Å². The number of anilines is 1. The van der Waals surface area contributed by atoms with Crippen molar-refractivity contribution in [2.24, 2.45) is 5.41 Å². The van der Waals surface area contributed by atoms with Gasteiger partial charge in [0.05, 0.1) is 16.8 Å². The quantitative estimate of drug-likeness (QED) is 0.555. The van der Waals surface area contributed by atoms with E-state index in [0.29, 0.717) is 35.7 Å². The number of pyridine rings is 1. The van der Waals surface area contributed by atoms with Gasteiger partial charge in [0.2, 0.25) is 0 Å². The number of amides is 3. The van der Waals surface area contributed by atoms with Crippen LogP contribution in [0.1, 0.15) is 45.5 Å². The topological polar surface area (TPSA) is 116 Å². The number of rotatable bonds is 4. The first kappa shape index (κ1) is 20.7. The van der Waals surface area contributed by atoms with Crippen LogP contribution in [-0.4, -0.2) is 58.3 Å². The molecule has 174 valence electrons. The third-order valence-corrected chi connectivity index (χ3v) is 7.21. The van der Waals surface area contributed by atoms with Crippen molar-refractivity contribution in [3.05, 3.63) is 53.3 Å². The lowest BCUT2D eigenvalue weighted by Crippen LogP contribution is -2.43. The molecule has 3 aromatic rings. The van der Waals surface area contributed by atoms with E-state index in [1.54, 1.807) is 24.4 Å². The highest BCUT2D eigenvalue weighted by Crippen LogP contribution is 2.55. The van der Waals surface area contributed by atoms with Gasteiger partial charge in [-0.15, -0.1) is 0 Å². The van der Waals surface area contributed by atoms with E-state index in [1.807, 2.05) is 24.1 Å². The fourth-order valence-electron chi connectivity index (χ4n) is 5.14. The van der Waals surface area contributed by atoms with Gasteiger partial charge < -0.3 is 25.3 Å². The second kappa shape index (κ2) is 7.58. The Labute approximate surface area is 195 Å². The molecule has 1 saturated heterocycles. The zero-order chi connectivity index (χ0) is 23.4. The van der Waals surface area contributed by atoms with E-state index in [-0.39, 0.29) is 35.8 Å². The molecule has 2 fully saturated rings. The maximum absolute atomic E-state index is 13.5. The van der Waals surface area contributed by atoms with Crippen molar-refractivity contribution in [2.75, 3.05) is 25.0 Å². The monoisotopic (exact) mass is 459 g/mol. The summed E-state index contributed by atoms with van der Waals surface area (Å²) in [6.07, 6.45) is 6.57. The summed E-state index contributed by atoms with van der Waals surface area (Å²) in [4.78, 5) is 47.7. The molecule has 1 aliphatic carbocycles. The van der Waals surface area contributed by atoms with E-state index in [4.69, 9.17) is 4.74 Å². The number of likely N-dealkylation sites (tertiary alicyclic amines) is 1. The van der Waals surface area contributed by atoms with Gasteiger partial charge in [-0.3, -0.25) is 14.4 Å². The molecular weight excluding hydrogens is 434 g/mol. The van der Waals surface area contributed by atoms with Crippen molar-refractivity contribution < 1.29 is 19.1 Å². The predicted octanol–water partition coefficient (Wildman–Crippen LogP) is 2.63. The van der Waals surface area contributed by atoms with E-state index in [2.05, 4.69) is 20.6 Å². The summed E-state index contributed by atoms with van der Waals surface area (Å²) in [7, 11) is 0. The molecule has 1 aromatic carbocycles. The number of carbonyl (C=O) groups is 3. The number of hydrogen-bond acceptors (Lipinski definition) is 5. The molecule has 4 heterocycles. The van der Waals surface area contributed by atoms with E-state index < -0.39 is 0 Å². The Hall–Kier alpha value is -3.88. The molecule has 0 radical (unpaired) electrons. The van der Waals surface area contributed by atoms with Crippen LogP contribution in [0, 0.1) is 12.3 Å². The van der Waals surface area contributed by atoms with Crippen molar-refractivity contribution in [1.29, 1.82) is 0 Å². The third-order valence-electron chi connectivity index (χ3n) is 7.21. The van der Waals surface area contributed by atoms with Crippen LogP contribution in [0.2, 0.25) is 0 Å². The largest absolute Gasteiger partial charge is 0.482 e. The Balaban J connectivity index is 1.21. The molecule has 1 atom stereocenters. The number of carbonyl (C=O) groups excluding carboxylic acids is 3. The number of nitrogens with one attached hydrogen (secondary N) is 3. The molecule has 2 aromatic heterocycles. The van der Waals surface area contributed by atoms with Gasteiger partial charge in [-0.1, -0.05) is 6.07 Å². The van der Waals surface area contributed by atoms with Crippen molar-refractivity contribution in [3.8, 4) is 5.75 Å². The number of ether oxygens (including phenoxy) is 1. The van der Waals surface area contributed by atoms with Gasteiger partial charge >= 0.3 is 0 Å². The number of aryl methyl sites for hydroxylation is 1. The Kier molecular flexibility index (Phi) is 4.62. The molecular formula is C25H25N5O4. The molecule has 2 aliphatic heterocycles. The van der Waals surface area contributed by atoms with Crippen LogP contribution < -0.4 is 15.4 Å². The summed E-state index contributed by atoms with van der Waals surface area (Å²) in [6, 6.07) is 6.89. The van der Waals surface area contributed by atoms with Crippen molar-refractivity contribution in [3.63, 3.8) is 0 Å². The van der Waals surface area contributed by atoms with Gasteiger partial charge in [-0.05, 0) is 55.4 Å². The highest BCUT2D eigenvalue weighted by molar-refractivity contribution is 6.06. The molecule has 3 N–H and O–H groups in total. The van der Waals surface area contributed by atoms with Gasteiger partial charge in [0.1, 0.15) is 11.4 Å². The minimum absolute atomic E-state index is 0.0595. The normalized spacial score (nSPS) is 20.1. The smallest absolute Gasteiger partial charge is 0.262 e. The number of fused-ring (bicyclic) bond motifs is 2. The van der Waals surface area contributed by atoms with Crippen LogP contribution >= 0.6 is 0 Å². The minimum atomic E-state index is -0.308. The second-order valence-electron chi connectivity index (χ2n) is 9.61. The summed E-state index contributed by atoms with van der Waals surface area (Å²) in [6.45, 7) is 2.95. The average molecular weight is 460 g/mol. The molecule has 9 heteroatoms. The molecule has 3 aliphatic rings. The van der Waals surface area contributed by atoms with Crippen LogP contribution in [0.25, 0.3) is 11.0 Å². The average Bonchev–Trinajstić information content (AvgIpc) is 3.35. The highest BCUT2D eigenvalue weighted by Gasteiger charge is 2.53. The first-order valence-electron chi connectivity index (χ1n) is 11.5. The predicted molar refractivity (Wildman–Crippen MR) is 125 cm³/mol. The number of para-hydroxylation sites is 1. The lowest BCUT2D eigenvalue weighted by Gasteiger charge is -2.25. The summed E-state index contributed by atoms with van der Waals surface area (Å²) in [5, 5.41) is 6.65. The maximum Gasteiger partial charge on any atom is 0.262 e. The summed E-state index contributed by atoms with van der Waals surface area (Å²) in [5.74, 6) is -0.183. The lowest BCUT2D eigenvalue weighted by molar-refractivity contribution is -0.118. The van der Waals surface area contributed by atoms with E-state index >= 15 is 0 Å². The number of nitrogens with zero attached hydrogens (tertiary/aromatic N) is 2. The van der Waals surface area contributed by atoms with Gasteiger partial charge in [0.15, 0.2) is 6.61 Å². The van der Waals surface area contributed by atoms with Gasteiger partial charge in [-0.2, -0.15) is 0 Å². The van der Waals surface area contributed by atoms with E-state index in [9.17, 15) is 14.4 Å². The summed E-state index contributed by atoms with van der Waals surface area (Å²) >= 11 is 0. The first-order chi connectivity index (χ1) is 16.4. The van der Waals surface area contributed by atoms with Crippen LogP contribution in [0.3, 0.4) is 0 Å². The third kappa shape index (κ3) is 3.48. The van der Waals surface area contributed by atoms with Gasteiger partial charge in [-0.25, -0.2) is 4.98 Å². The van der Waals surface area contributed by atoms with Crippen LogP contribution in [0.4, 0.5) is 5.69 Å². The van der Waals surface area contributed by atoms with Crippen LogP contribution in [0.5, 0.6) is 5.75 Å². The number of benzene rings is 1. The fourth-order valence-corrected chi connectivity index (χ4v) is 5.14. The first-order valence-corrected chi connectivity index (χ1v) is 11.5. The molecule has 3 amide bonds.